The van der Waals surface area contributed by atoms with Crippen LogP contribution in [-0.2, 0) is 7.05 Å². The molecule has 0 bridgehead atoms. The van der Waals surface area contributed by atoms with Crippen LogP contribution >= 0.6 is 11.6 Å². The zero-order valence-corrected chi connectivity index (χ0v) is 19.6. The smallest absolute Gasteiger partial charge is 0.274 e. The van der Waals surface area contributed by atoms with Crippen LogP contribution in [0, 0.1) is 11.2 Å². The third-order valence-corrected chi connectivity index (χ3v) is 7.88. The molecule has 2 aliphatic carbocycles. The molecule has 2 saturated carbocycles. The molecule has 1 aromatic heterocycles. The predicted octanol–water partition coefficient (Wildman–Crippen LogP) is 3.97. The number of hydrogen-bond acceptors (Lipinski definition) is 5. The van der Waals surface area contributed by atoms with E-state index in [1.807, 2.05) is 12.1 Å². The number of benzene rings is 1. The second kappa shape index (κ2) is 8.11. The van der Waals surface area contributed by atoms with Crippen LogP contribution in [0.5, 0.6) is 0 Å². The van der Waals surface area contributed by atoms with Gasteiger partial charge in [-0.15, -0.1) is 0 Å². The first-order valence-corrected chi connectivity index (χ1v) is 11.8. The fraction of sp³-hybridized carbons (Fsp3) is 0.500. The van der Waals surface area contributed by atoms with Crippen molar-refractivity contribution in [2.75, 3.05) is 18.9 Å². The topological polar surface area (TPSA) is 82.4 Å². The number of anilines is 1. The predicted molar refractivity (Wildman–Crippen MR) is 124 cm³/mol. The van der Waals surface area contributed by atoms with E-state index in [2.05, 4.69) is 21.8 Å². The number of aryl methyl sites for hydroxylation is 1. The number of aromatic nitrogens is 2. The summed E-state index contributed by atoms with van der Waals surface area (Å²) >= 11 is 5.85. The molecule has 5 rings (SSSR count). The molecule has 33 heavy (non-hydrogen) atoms. The lowest BCUT2D eigenvalue weighted by molar-refractivity contribution is -0.131. The van der Waals surface area contributed by atoms with Crippen LogP contribution in [0.3, 0.4) is 0 Å². The molecule has 9 heteroatoms. The Hall–Kier alpha value is -2.42. The molecular weight excluding hydrogens is 445 g/mol. The maximum absolute atomic E-state index is 13.4. The Labute approximate surface area is 197 Å². The second-order valence-electron chi connectivity index (χ2n) is 9.84. The summed E-state index contributed by atoms with van der Waals surface area (Å²) in [5, 5.41) is 15.8. The van der Waals surface area contributed by atoms with E-state index in [9.17, 15) is 14.3 Å². The number of aliphatic hydroxyl groups is 1. The molecule has 2 aromatic rings. The van der Waals surface area contributed by atoms with Crippen LogP contribution in [0.4, 0.5) is 10.1 Å². The molecule has 3 aliphatic rings. The van der Waals surface area contributed by atoms with Crippen LogP contribution in [-0.4, -0.2) is 44.8 Å². The summed E-state index contributed by atoms with van der Waals surface area (Å²) < 4.78 is 15.2. The Morgan fingerprint density at radius 1 is 1.30 bits per heavy atom. The van der Waals surface area contributed by atoms with Gasteiger partial charge < -0.3 is 20.0 Å². The number of imidazole rings is 1. The Kier molecular flexibility index (Phi) is 5.50. The first kappa shape index (κ1) is 22.4. The number of likely N-dealkylation sites (N-methyl/N-ethyl adjacent to an activating group) is 1. The monoisotopic (exact) mass is 473 g/mol. The fourth-order valence-electron chi connectivity index (χ4n) is 6.02. The summed E-state index contributed by atoms with van der Waals surface area (Å²) in [7, 11) is 3.76. The third kappa shape index (κ3) is 3.94. The van der Waals surface area contributed by atoms with E-state index < -0.39 is 11.4 Å². The maximum Gasteiger partial charge on any atom is 0.274 e. The minimum Gasteiger partial charge on any atom is -0.384 e. The highest BCUT2D eigenvalue weighted by Crippen LogP contribution is 2.61. The van der Waals surface area contributed by atoms with Crippen molar-refractivity contribution < 1.29 is 14.3 Å². The minimum absolute atomic E-state index is 0.0357. The van der Waals surface area contributed by atoms with Gasteiger partial charge >= 0.3 is 0 Å². The van der Waals surface area contributed by atoms with E-state index in [-0.39, 0.29) is 22.3 Å². The van der Waals surface area contributed by atoms with Gasteiger partial charge in [0.2, 0.25) is 0 Å². The van der Waals surface area contributed by atoms with Crippen molar-refractivity contribution in [3.8, 4) is 0 Å². The molecular formula is C24H29ClFN5O2. The number of nitrogens with one attached hydrogen (secondary N) is 2. The first-order chi connectivity index (χ1) is 15.7. The average Bonchev–Trinajstić information content (AvgIpc) is 3.36. The molecule has 1 spiro atoms. The molecule has 7 nitrogen and oxygen atoms in total. The second-order valence-corrected chi connectivity index (χ2v) is 10.2. The van der Waals surface area contributed by atoms with Gasteiger partial charge in [0.25, 0.3) is 5.91 Å². The molecule has 2 fully saturated rings. The largest absolute Gasteiger partial charge is 0.384 e. The fourth-order valence-corrected chi connectivity index (χ4v) is 6.20. The highest BCUT2D eigenvalue weighted by molar-refractivity contribution is 6.31. The number of halogens is 2. The van der Waals surface area contributed by atoms with Gasteiger partial charge in [0, 0.05) is 32.2 Å². The van der Waals surface area contributed by atoms with Gasteiger partial charge in [0.1, 0.15) is 17.1 Å². The van der Waals surface area contributed by atoms with Crippen molar-refractivity contribution in [3.63, 3.8) is 0 Å². The zero-order chi connectivity index (χ0) is 23.4. The maximum atomic E-state index is 13.4. The Morgan fingerprint density at radius 3 is 2.67 bits per heavy atom. The molecule has 3 N–H and O–H groups in total. The van der Waals surface area contributed by atoms with Gasteiger partial charge in [-0.2, -0.15) is 0 Å². The van der Waals surface area contributed by atoms with Crippen LogP contribution in [0.15, 0.2) is 36.3 Å². The lowest BCUT2D eigenvalue weighted by atomic mass is 9.51. The molecule has 176 valence electrons. The standard InChI is InChI=1S/C24H29ClFN5O2/c1-30-14-27-20(21(30)22(32)29-16-3-4-18(26)17(25)11-16)15-5-8-23(9-6-15)12-24(33,13-23)19-7-10-28-31(19)2/h3-4,7,11,14-15,28,33H,5-6,8-10,12-13H2,1-2H3,(H,29,32). The Balaban J connectivity index is 1.26. The van der Waals surface area contributed by atoms with Crippen molar-refractivity contribution in [2.24, 2.45) is 12.5 Å². The van der Waals surface area contributed by atoms with Crippen LogP contribution in [0.2, 0.25) is 5.02 Å². The quantitative estimate of drug-likeness (QED) is 0.626. The van der Waals surface area contributed by atoms with Crippen LogP contribution in [0.1, 0.15) is 60.6 Å². The highest BCUT2D eigenvalue weighted by Gasteiger charge is 2.57. The lowest BCUT2D eigenvalue weighted by Crippen LogP contribution is -2.56. The van der Waals surface area contributed by atoms with Crippen LogP contribution in [0.25, 0.3) is 0 Å². The number of hydrogen-bond donors (Lipinski definition) is 3. The van der Waals surface area contributed by atoms with Gasteiger partial charge in [-0.1, -0.05) is 11.6 Å². The minimum atomic E-state index is -0.739. The summed E-state index contributed by atoms with van der Waals surface area (Å²) in [6, 6.07) is 4.13. The van der Waals surface area contributed by atoms with Crippen molar-refractivity contribution in [1.29, 1.82) is 0 Å². The van der Waals surface area contributed by atoms with E-state index in [0.717, 1.165) is 56.5 Å². The van der Waals surface area contributed by atoms with E-state index in [1.54, 1.807) is 17.9 Å². The Bertz CT molecular complexity index is 1110. The number of rotatable bonds is 4. The van der Waals surface area contributed by atoms with Gasteiger partial charge in [-0.05, 0) is 68.2 Å². The molecule has 1 amide bonds. The van der Waals surface area contributed by atoms with Gasteiger partial charge in [-0.25, -0.2) is 14.8 Å². The van der Waals surface area contributed by atoms with Gasteiger partial charge in [0.15, 0.2) is 0 Å². The first-order valence-electron chi connectivity index (χ1n) is 11.4. The average molecular weight is 474 g/mol. The van der Waals surface area contributed by atoms with Gasteiger partial charge in [-0.3, -0.25) is 4.79 Å². The number of nitrogens with zero attached hydrogens (tertiary/aromatic N) is 3. The molecule has 0 atom stereocenters. The van der Waals surface area contributed by atoms with Crippen molar-refractivity contribution >= 4 is 23.2 Å². The van der Waals surface area contributed by atoms with Crippen molar-refractivity contribution in [3.05, 3.63) is 58.5 Å². The lowest BCUT2D eigenvalue weighted by Gasteiger charge is -2.57. The normalized spacial score (nSPS) is 29.2. The molecule has 1 aromatic carbocycles. The highest BCUT2D eigenvalue weighted by atomic mass is 35.5. The van der Waals surface area contributed by atoms with E-state index in [1.165, 1.54) is 18.2 Å². The summed E-state index contributed by atoms with van der Waals surface area (Å²) in [6.07, 6.45) is 9.20. The summed E-state index contributed by atoms with van der Waals surface area (Å²) in [4.78, 5) is 17.6. The van der Waals surface area contributed by atoms with Gasteiger partial charge in [0.05, 0.1) is 22.7 Å². The van der Waals surface area contributed by atoms with E-state index in [0.29, 0.717) is 11.4 Å². The van der Waals surface area contributed by atoms with E-state index in [4.69, 9.17) is 11.6 Å². The molecule has 0 unspecified atom stereocenters. The van der Waals surface area contributed by atoms with E-state index >= 15 is 0 Å². The molecule has 1 aliphatic heterocycles. The molecule has 0 radical (unpaired) electrons. The summed E-state index contributed by atoms with van der Waals surface area (Å²) in [5.74, 6) is -0.616. The van der Waals surface area contributed by atoms with Crippen molar-refractivity contribution in [2.45, 2.75) is 50.0 Å². The van der Waals surface area contributed by atoms with Crippen molar-refractivity contribution in [1.82, 2.24) is 20.0 Å². The SMILES string of the molecule is CN1NCC=C1C1(O)CC2(CCC(c3ncn(C)c3C(=O)Nc3ccc(F)c(Cl)c3)CC2)C1. The summed E-state index contributed by atoms with van der Waals surface area (Å²) in [6.45, 7) is 0.762. The number of amides is 1. The number of hydrazine groups is 1. The third-order valence-electron chi connectivity index (χ3n) is 7.59. The Morgan fingerprint density at radius 2 is 2.03 bits per heavy atom. The summed E-state index contributed by atoms with van der Waals surface area (Å²) in [5.41, 5.74) is 5.38. The number of carbonyl (C=O) groups excluding carboxylic acids is 1. The van der Waals surface area contributed by atoms with Crippen LogP contribution < -0.4 is 10.7 Å². The molecule has 2 heterocycles. The number of carbonyl (C=O) groups is 1. The molecule has 0 saturated heterocycles. The zero-order valence-electron chi connectivity index (χ0n) is 18.9.